The highest BCUT2D eigenvalue weighted by Gasteiger charge is 2.53. The zero-order valence-corrected chi connectivity index (χ0v) is 12.4. The van der Waals surface area contributed by atoms with E-state index in [9.17, 15) is 0 Å². The summed E-state index contributed by atoms with van der Waals surface area (Å²) in [5.74, 6) is 3.20. The van der Waals surface area contributed by atoms with Crippen molar-refractivity contribution in [3.63, 3.8) is 0 Å². The highest BCUT2D eigenvalue weighted by molar-refractivity contribution is 5.30. The molecule has 0 radical (unpaired) electrons. The molecule has 0 atom stereocenters. The molecule has 0 N–H and O–H groups in total. The first-order valence-corrected chi connectivity index (χ1v) is 8.63. The largest absolute Gasteiger partial charge is 0.293 e. The van der Waals surface area contributed by atoms with Crippen molar-refractivity contribution in [2.24, 2.45) is 17.8 Å². The summed E-state index contributed by atoms with van der Waals surface area (Å²) in [4.78, 5) is 2.90. The van der Waals surface area contributed by atoms with Gasteiger partial charge in [-0.1, -0.05) is 24.3 Å². The van der Waals surface area contributed by atoms with Gasteiger partial charge in [-0.2, -0.15) is 0 Å². The lowest BCUT2D eigenvalue weighted by atomic mass is 9.52. The minimum absolute atomic E-state index is 0.599. The Balaban J connectivity index is 1.46. The van der Waals surface area contributed by atoms with E-state index in [4.69, 9.17) is 0 Å². The Kier molecular flexibility index (Phi) is 2.42. The van der Waals surface area contributed by atoms with Crippen LogP contribution in [-0.4, -0.2) is 17.0 Å². The first-order valence-electron chi connectivity index (χ1n) is 8.63. The van der Waals surface area contributed by atoms with Gasteiger partial charge in [0.05, 0.1) is 0 Å². The monoisotopic (exact) mass is 267 g/mol. The lowest BCUT2D eigenvalue weighted by molar-refractivity contribution is -0.0941. The van der Waals surface area contributed by atoms with Crippen LogP contribution in [0, 0.1) is 17.8 Å². The summed E-state index contributed by atoms with van der Waals surface area (Å²) in [6, 6.07) is 9.13. The molecule has 0 amide bonds. The molecular weight excluding hydrogens is 242 g/mol. The van der Waals surface area contributed by atoms with E-state index in [0.717, 1.165) is 17.8 Å². The highest BCUT2D eigenvalue weighted by Crippen LogP contribution is 2.58. The van der Waals surface area contributed by atoms with Gasteiger partial charge in [0, 0.05) is 18.6 Å². The van der Waals surface area contributed by atoms with Gasteiger partial charge in [-0.25, -0.2) is 0 Å². The van der Waals surface area contributed by atoms with Crippen molar-refractivity contribution in [2.75, 3.05) is 6.54 Å². The molecule has 1 nitrogen and oxygen atoms in total. The van der Waals surface area contributed by atoms with Crippen molar-refractivity contribution in [1.29, 1.82) is 0 Å². The molecular formula is C19H25N. The van der Waals surface area contributed by atoms with Gasteiger partial charge in [0.25, 0.3) is 0 Å². The maximum absolute atomic E-state index is 2.90. The van der Waals surface area contributed by atoms with E-state index in [-0.39, 0.29) is 0 Å². The van der Waals surface area contributed by atoms with E-state index >= 15 is 0 Å². The minimum atomic E-state index is 0.599. The van der Waals surface area contributed by atoms with Crippen molar-refractivity contribution in [3.8, 4) is 0 Å². The van der Waals surface area contributed by atoms with Gasteiger partial charge < -0.3 is 0 Å². The van der Waals surface area contributed by atoms with Crippen molar-refractivity contribution in [2.45, 2.75) is 57.0 Å². The van der Waals surface area contributed by atoms with E-state index in [2.05, 4.69) is 29.2 Å². The summed E-state index contributed by atoms with van der Waals surface area (Å²) in [7, 11) is 0. The van der Waals surface area contributed by atoms with E-state index in [1.807, 2.05) is 0 Å². The predicted molar refractivity (Wildman–Crippen MR) is 81.5 cm³/mol. The molecule has 4 bridgehead atoms. The molecule has 5 aliphatic rings. The molecule has 4 saturated carbocycles. The maximum Gasteiger partial charge on any atom is 0.0242 e. The number of nitrogens with zero attached hydrogens (tertiary/aromatic N) is 1. The normalized spacial score (nSPS) is 42.7. The van der Waals surface area contributed by atoms with Gasteiger partial charge in [-0.15, -0.1) is 0 Å². The standard InChI is InChI=1S/C19H25N/c1-2-4-18-13-20(6-5-17(18)3-1)19-10-14-7-15(11-19)9-16(8-14)12-19/h1-4,14-16H,5-13H2. The molecule has 1 heteroatoms. The third-order valence-electron chi connectivity index (χ3n) is 6.81. The molecule has 1 aromatic rings. The van der Waals surface area contributed by atoms with E-state index in [0.29, 0.717) is 5.54 Å². The number of fused-ring (bicyclic) bond motifs is 1. The molecule has 1 aliphatic heterocycles. The van der Waals surface area contributed by atoms with Gasteiger partial charge in [-0.3, -0.25) is 4.90 Å². The summed E-state index contributed by atoms with van der Waals surface area (Å²) in [6.07, 6.45) is 10.5. The average Bonchev–Trinajstić information content (AvgIpc) is 2.45. The second-order valence-electron chi connectivity index (χ2n) is 8.08. The number of hydrogen-bond acceptors (Lipinski definition) is 1. The molecule has 6 rings (SSSR count). The molecule has 0 aromatic heterocycles. The molecule has 106 valence electrons. The molecule has 20 heavy (non-hydrogen) atoms. The summed E-state index contributed by atoms with van der Waals surface area (Å²) in [5, 5.41) is 0. The van der Waals surface area contributed by atoms with Gasteiger partial charge in [0.15, 0.2) is 0 Å². The molecule has 4 fully saturated rings. The van der Waals surface area contributed by atoms with Crippen molar-refractivity contribution < 1.29 is 0 Å². The highest BCUT2D eigenvalue weighted by atomic mass is 15.2. The maximum atomic E-state index is 2.90. The van der Waals surface area contributed by atoms with Crippen LogP contribution in [0.4, 0.5) is 0 Å². The molecule has 1 heterocycles. The second kappa shape index (κ2) is 4.10. The Hall–Kier alpha value is -0.820. The first-order chi connectivity index (χ1) is 9.81. The van der Waals surface area contributed by atoms with Crippen LogP contribution in [0.25, 0.3) is 0 Å². The third kappa shape index (κ3) is 1.65. The summed E-state index contributed by atoms with van der Waals surface area (Å²) in [6.45, 7) is 2.53. The van der Waals surface area contributed by atoms with Crippen molar-refractivity contribution >= 4 is 0 Å². The van der Waals surface area contributed by atoms with Crippen molar-refractivity contribution in [1.82, 2.24) is 4.90 Å². The van der Waals surface area contributed by atoms with Gasteiger partial charge in [0.2, 0.25) is 0 Å². The number of hydrogen-bond donors (Lipinski definition) is 0. The minimum Gasteiger partial charge on any atom is -0.293 e. The molecule has 4 aliphatic carbocycles. The van der Waals surface area contributed by atoms with E-state index < -0.39 is 0 Å². The Bertz CT molecular complexity index is 497. The van der Waals surface area contributed by atoms with Crippen LogP contribution in [0.15, 0.2) is 24.3 Å². The quantitative estimate of drug-likeness (QED) is 0.743. The predicted octanol–water partition coefficient (Wildman–Crippen LogP) is 4.01. The fourth-order valence-corrected chi connectivity index (χ4v) is 6.35. The fraction of sp³-hybridized carbons (Fsp3) is 0.684. The van der Waals surface area contributed by atoms with Crippen LogP contribution in [0.3, 0.4) is 0 Å². The Labute approximate surface area is 122 Å². The molecule has 0 spiro atoms. The zero-order valence-electron chi connectivity index (χ0n) is 12.4. The molecule has 0 saturated heterocycles. The van der Waals surface area contributed by atoms with Crippen molar-refractivity contribution in [3.05, 3.63) is 35.4 Å². The summed E-state index contributed by atoms with van der Waals surface area (Å²) in [5.41, 5.74) is 3.81. The Morgan fingerprint density at radius 1 is 0.850 bits per heavy atom. The van der Waals surface area contributed by atoms with E-state index in [1.54, 1.807) is 30.4 Å². The number of benzene rings is 1. The lowest BCUT2D eigenvalue weighted by Gasteiger charge is -2.61. The topological polar surface area (TPSA) is 3.24 Å². The lowest BCUT2D eigenvalue weighted by Crippen LogP contribution is -2.60. The number of rotatable bonds is 1. The zero-order chi connectivity index (χ0) is 13.2. The van der Waals surface area contributed by atoms with Gasteiger partial charge >= 0.3 is 0 Å². The first kappa shape index (κ1) is 11.8. The Morgan fingerprint density at radius 2 is 1.45 bits per heavy atom. The fourth-order valence-electron chi connectivity index (χ4n) is 6.35. The SMILES string of the molecule is c1ccc2c(c1)CCN(C13CC4CC(CC(C4)C1)C3)C2. The smallest absolute Gasteiger partial charge is 0.0242 e. The second-order valence-corrected chi connectivity index (χ2v) is 8.08. The molecule has 0 unspecified atom stereocenters. The summed E-state index contributed by atoms with van der Waals surface area (Å²) >= 11 is 0. The van der Waals surface area contributed by atoms with Crippen LogP contribution in [0.1, 0.15) is 49.7 Å². The van der Waals surface area contributed by atoms with E-state index in [1.165, 1.54) is 38.8 Å². The van der Waals surface area contributed by atoms with Gasteiger partial charge in [-0.05, 0) is 73.8 Å². The molecule has 1 aromatic carbocycles. The van der Waals surface area contributed by atoms with Crippen LogP contribution in [0.2, 0.25) is 0 Å². The van der Waals surface area contributed by atoms with Gasteiger partial charge in [0.1, 0.15) is 0 Å². The Morgan fingerprint density at radius 3 is 2.10 bits per heavy atom. The summed E-state index contributed by atoms with van der Waals surface area (Å²) < 4.78 is 0. The van der Waals surface area contributed by atoms with Crippen LogP contribution in [0.5, 0.6) is 0 Å². The van der Waals surface area contributed by atoms with Crippen LogP contribution >= 0.6 is 0 Å². The van der Waals surface area contributed by atoms with Crippen LogP contribution in [-0.2, 0) is 13.0 Å². The van der Waals surface area contributed by atoms with Crippen LogP contribution < -0.4 is 0 Å². The average molecular weight is 267 g/mol. The third-order valence-corrected chi connectivity index (χ3v) is 6.81.